The van der Waals surface area contributed by atoms with E-state index in [-0.39, 0.29) is 23.7 Å². The van der Waals surface area contributed by atoms with Crippen molar-refractivity contribution in [2.24, 2.45) is 0 Å². The number of benzene rings is 3. The van der Waals surface area contributed by atoms with Gasteiger partial charge in [0.15, 0.2) is 0 Å². The molecule has 2 aliphatic rings. The second kappa shape index (κ2) is 10.7. The number of esters is 1. The molecule has 0 spiro atoms. The molecule has 2 atom stereocenters. The van der Waals surface area contributed by atoms with E-state index in [1.807, 2.05) is 36.4 Å². The van der Waals surface area contributed by atoms with Gasteiger partial charge < -0.3 is 9.64 Å². The predicted molar refractivity (Wildman–Crippen MR) is 162 cm³/mol. The number of aryl methyl sites for hydroxylation is 1. The predicted octanol–water partition coefficient (Wildman–Crippen LogP) is 5.49. The first-order valence-electron chi connectivity index (χ1n) is 14.0. The molecule has 45 heavy (non-hydrogen) atoms. The van der Waals surface area contributed by atoms with E-state index in [0.717, 1.165) is 39.7 Å². The van der Waals surface area contributed by atoms with Gasteiger partial charge in [-0.05, 0) is 72.1 Å². The number of hydrogen-bond donors (Lipinski definition) is 1. The Labute approximate surface area is 256 Å². The highest BCUT2D eigenvalue weighted by atomic mass is 32.2. The summed E-state index contributed by atoms with van der Waals surface area (Å²) < 4.78 is 61.1. The van der Waals surface area contributed by atoms with Gasteiger partial charge in [0.2, 0.25) is 0 Å². The third-order valence-corrected chi connectivity index (χ3v) is 9.51. The monoisotopic (exact) mass is 626 g/mol. The Kier molecular flexibility index (Phi) is 6.81. The average Bonchev–Trinajstić information content (AvgIpc) is 3.61. The summed E-state index contributed by atoms with van der Waals surface area (Å²) in [5.41, 5.74) is 4.71. The molecule has 4 heterocycles. The van der Waals surface area contributed by atoms with E-state index in [1.165, 1.54) is 0 Å². The number of rotatable bonds is 6. The highest BCUT2D eigenvalue weighted by Gasteiger charge is 2.48. The number of carbonyl (C=O) groups is 2. The van der Waals surface area contributed by atoms with Crippen molar-refractivity contribution in [3.63, 3.8) is 0 Å². The quantitative estimate of drug-likeness (QED) is 0.248. The SMILES string of the molecule is Cc1ncc(-c2ccc3nccc(-c4ccc(C(=O)N5C[C@@H]6C[C@H]5C(=O)O6)cc4)c3c2)cc1NS(=O)(=O)c1ccc(F)cc1F. The largest absolute Gasteiger partial charge is 0.459 e. The van der Waals surface area contributed by atoms with Gasteiger partial charge in [-0.15, -0.1) is 0 Å². The van der Waals surface area contributed by atoms with E-state index in [9.17, 15) is 26.8 Å². The van der Waals surface area contributed by atoms with Crippen molar-refractivity contribution in [2.75, 3.05) is 11.3 Å². The number of pyridine rings is 2. The van der Waals surface area contributed by atoms with Crippen molar-refractivity contribution >= 4 is 38.5 Å². The van der Waals surface area contributed by atoms with Crippen LogP contribution in [0.25, 0.3) is 33.2 Å². The lowest BCUT2D eigenvalue weighted by Gasteiger charge is -2.25. The second-order valence-corrected chi connectivity index (χ2v) is 12.6. The Morgan fingerprint density at radius 2 is 1.73 bits per heavy atom. The first kappa shape index (κ1) is 28.5. The van der Waals surface area contributed by atoms with E-state index < -0.39 is 32.6 Å². The molecule has 0 radical (unpaired) electrons. The van der Waals surface area contributed by atoms with E-state index in [0.29, 0.717) is 35.9 Å². The third-order valence-electron chi connectivity index (χ3n) is 8.11. The zero-order valence-corrected chi connectivity index (χ0v) is 24.5. The van der Waals surface area contributed by atoms with Crippen LogP contribution in [0, 0.1) is 18.6 Å². The summed E-state index contributed by atoms with van der Waals surface area (Å²) in [6, 6.07) is 17.9. The number of ether oxygens (including phenoxy) is 1. The minimum Gasteiger partial charge on any atom is -0.459 e. The van der Waals surface area contributed by atoms with Gasteiger partial charge in [0.05, 0.1) is 23.4 Å². The summed E-state index contributed by atoms with van der Waals surface area (Å²) in [5.74, 6) is -2.66. The van der Waals surface area contributed by atoms with Crippen LogP contribution in [0.1, 0.15) is 22.5 Å². The number of nitrogens with one attached hydrogen (secondary N) is 1. The van der Waals surface area contributed by atoms with Crippen LogP contribution in [-0.4, -0.2) is 53.9 Å². The average molecular weight is 627 g/mol. The Morgan fingerprint density at radius 3 is 2.47 bits per heavy atom. The summed E-state index contributed by atoms with van der Waals surface area (Å²) in [6.45, 7) is 2.01. The van der Waals surface area contributed by atoms with Gasteiger partial charge in [-0.3, -0.25) is 19.5 Å². The lowest BCUT2D eigenvalue weighted by molar-refractivity contribution is -0.149. The van der Waals surface area contributed by atoms with Crippen LogP contribution in [-0.2, 0) is 19.6 Å². The molecule has 0 saturated carbocycles. The summed E-state index contributed by atoms with van der Waals surface area (Å²) in [4.78, 5) is 34.8. The van der Waals surface area contributed by atoms with Crippen LogP contribution < -0.4 is 4.72 Å². The third kappa shape index (κ3) is 5.16. The van der Waals surface area contributed by atoms with Crippen molar-refractivity contribution in [2.45, 2.75) is 30.4 Å². The molecule has 5 aromatic rings. The molecule has 7 rings (SSSR count). The molecule has 0 unspecified atom stereocenters. The lowest BCUT2D eigenvalue weighted by Crippen LogP contribution is -2.44. The number of carbonyl (C=O) groups excluding carboxylic acids is 2. The smallest absolute Gasteiger partial charge is 0.329 e. The van der Waals surface area contributed by atoms with Crippen LogP contribution >= 0.6 is 0 Å². The number of halogens is 2. The van der Waals surface area contributed by atoms with Gasteiger partial charge in [-0.1, -0.05) is 18.2 Å². The highest BCUT2D eigenvalue weighted by Crippen LogP contribution is 2.34. The van der Waals surface area contributed by atoms with E-state index >= 15 is 0 Å². The number of anilines is 1. The summed E-state index contributed by atoms with van der Waals surface area (Å²) >= 11 is 0. The normalized spacial score (nSPS) is 17.5. The van der Waals surface area contributed by atoms with E-state index in [4.69, 9.17) is 4.74 Å². The molecular weight excluding hydrogens is 602 g/mol. The molecule has 3 aromatic carbocycles. The fourth-order valence-electron chi connectivity index (χ4n) is 5.80. The molecule has 226 valence electrons. The molecule has 2 aliphatic heterocycles. The fraction of sp³-hybridized carbons (Fsp3) is 0.152. The minimum absolute atomic E-state index is 0.141. The van der Waals surface area contributed by atoms with Crippen molar-refractivity contribution in [3.8, 4) is 22.3 Å². The molecular formula is C33H24F2N4O5S. The maximum Gasteiger partial charge on any atom is 0.329 e. The van der Waals surface area contributed by atoms with Crippen LogP contribution in [0.3, 0.4) is 0 Å². The topological polar surface area (TPSA) is 119 Å². The summed E-state index contributed by atoms with van der Waals surface area (Å²) in [7, 11) is -4.37. The number of fused-ring (bicyclic) bond motifs is 3. The zero-order chi connectivity index (χ0) is 31.5. The molecule has 9 nitrogen and oxygen atoms in total. The van der Waals surface area contributed by atoms with Crippen molar-refractivity contribution in [3.05, 3.63) is 108 Å². The Bertz CT molecular complexity index is 2140. The van der Waals surface area contributed by atoms with Crippen molar-refractivity contribution in [1.29, 1.82) is 0 Å². The molecule has 2 aromatic heterocycles. The number of sulfonamides is 1. The van der Waals surface area contributed by atoms with Gasteiger partial charge in [-0.25, -0.2) is 22.0 Å². The number of aromatic nitrogens is 2. The molecule has 12 heteroatoms. The number of morpholine rings is 1. The van der Waals surface area contributed by atoms with Gasteiger partial charge in [0, 0.05) is 41.4 Å². The maximum atomic E-state index is 14.3. The first-order valence-corrected chi connectivity index (χ1v) is 15.5. The molecule has 1 N–H and O–H groups in total. The lowest BCUT2D eigenvalue weighted by atomic mass is 9.97. The standard InChI is InChI=1S/C33H24F2N4O5S/c1-18-29(38-45(42,43)31-9-7-23(34)14-27(31)35)13-22(16-37-18)21-6-8-28-26(12-21)25(10-11-36-28)19-2-4-20(5-3-19)32(40)39-17-24-15-30(39)33(41)44-24/h2-14,16,24,30,38H,15,17H2,1H3/t24-,30-/m0/s1. The van der Waals surface area contributed by atoms with Gasteiger partial charge in [0.25, 0.3) is 15.9 Å². The Balaban J connectivity index is 1.19. The maximum absolute atomic E-state index is 14.3. The van der Waals surface area contributed by atoms with Gasteiger partial charge >= 0.3 is 5.97 Å². The van der Waals surface area contributed by atoms with Crippen molar-refractivity contribution in [1.82, 2.24) is 14.9 Å². The molecule has 0 aliphatic carbocycles. The zero-order valence-electron chi connectivity index (χ0n) is 23.7. The number of nitrogens with zero attached hydrogens (tertiary/aromatic N) is 3. The second-order valence-electron chi connectivity index (χ2n) is 11.0. The van der Waals surface area contributed by atoms with E-state index in [2.05, 4.69) is 14.7 Å². The molecule has 1 amide bonds. The fourth-order valence-corrected chi connectivity index (χ4v) is 6.97. The Morgan fingerprint density at radius 1 is 0.956 bits per heavy atom. The Hall–Kier alpha value is -5.23. The molecule has 2 bridgehead atoms. The van der Waals surface area contributed by atoms with Crippen molar-refractivity contribution < 1.29 is 31.5 Å². The highest BCUT2D eigenvalue weighted by molar-refractivity contribution is 7.92. The van der Waals surface area contributed by atoms with Crippen LogP contribution in [0.2, 0.25) is 0 Å². The molecule has 2 saturated heterocycles. The number of likely N-dealkylation sites (tertiary alicyclic amines) is 1. The number of hydrogen-bond acceptors (Lipinski definition) is 7. The van der Waals surface area contributed by atoms with Crippen LogP contribution in [0.5, 0.6) is 0 Å². The molecule has 2 fully saturated rings. The summed E-state index contributed by atoms with van der Waals surface area (Å²) in [6.07, 6.45) is 3.59. The number of amides is 1. The minimum atomic E-state index is -4.37. The van der Waals surface area contributed by atoms with Crippen LogP contribution in [0.4, 0.5) is 14.5 Å². The summed E-state index contributed by atoms with van der Waals surface area (Å²) in [5, 5.41) is 0.810. The van der Waals surface area contributed by atoms with E-state index in [1.54, 1.807) is 42.4 Å². The van der Waals surface area contributed by atoms with Gasteiger partial charge in [-0.2, -0.15) is 0 Å². The van der Waals surface area contributed by atoms with Gasteiger partial charge in [0.1, 0.15) is 28.7 Å². The van der Waals surface area contributed by atoms with Crippen LogP contribution in [0.15, 0.2) is 90.1 Å². The first-order chi connectivity index (χ1) is 21.6.